The Morgan fingerprint density at radius 2 is 1.86 bits per heavy atom. The molecule has 0 radical (unpaired) electrons. The summed E-state index contributed by atoms with van der Waals surface area (Å²) in [6.45, 7) is -0.410. The zero-order chi connectivity index (χ0) is 16.1. The Hall–Kier alpha value is -2.96. The van der Waals surface area contributed by atoms with Crippen molar-refractivity contribution in [1.29, 1.82) is 0 Å². The number of carboxylic acids is 1. The average Bonchev–Trinajstić information content (AvgIpc) is 2.46. The monoisotopic (exact) mass is 307 g/mol. The second-order valence-electron chi connectivity index (χ2n) is 4.29. The topological polar surface area (TPSA) is 75.6 Å². The Bertz CT molecular complexity index is 718. The third-order valence-electron chi connectivity index (χ3n) is 2.77. The van der Waals surface area contributed by atoms with Gasteiger partial charge in [-0.05, 0) is 24.3 Å². The van der Waals surface area contributed by atoms with Crippen LogP contribution in [-0.2, 0) is 11.3 Å². The van der Waals surface area contributed by atoms with E-state index >= 15 is 0 Å². The first-order valence-electron chi connectivity index (χ1n) is 6.17. The van der Waals surface area contributed by atoms with E-state index in [4.69, 9.17) is 9.84 Å². The van der Waals surface area contributed by atoms with E-state index in [2.05, 4.69) is 5.32 Å². The normalized spacial score (nSPS) is 10.1. The molecule has 0 aliphatic heterocycles. The summed E-state index contributed by atoms with van der Waals surface area (Å²) in [4.78, 5) is 22.6. The molecule has 0 saturated carbocycles. The maximum absolute atomic E-state index is 13.4. The molecule has 2 aromatic rings. The second kappa shape index (κ2) is 6.66. The number of ether oxygens (including phenoxy) is 1. The highest BCUT2D eigenvalue weighted by atomic mass is 19.1. The fourth-order valence-electron chi connectivity index (χ4n) is 1.71. The molecule has 0 aromatic heterocycles. The van der Waals surface area contributed by atoms with Crippen LogP contribution < -0.4 is 5.32 Å². The summed E-state index contributed by atoms with van der Waals surface area (Å²) in [5, 5.41) is 11.2. The summed E-state index contributed by atoms with van der Waals surface area (Å²) in [5.74, 6) is -2.78. The molecule has 7 heteroatoms. The van der Waals surface area contributed by atoms with Gasteiger partial charge in [0.1, 0.15) is 18.2 Å². The van der Waals surface area contributed by atoms with Crippen molar-refractivity contribution >= 4 is 17.7 Å². The predicted molar refractivity (Wildman–Crippen MR) is 73.6 cm³/mol. The molecule has 2 aromatic carbocycles. The summed E-state index contributed by atoms with van der Waals surface area (Å²) in [6, 6.07) is 8.63. The van der Waals surface area contributed by atoms with Gasteiger partial charge in [-0.25, -0.2) is 18.4 Å². The molecule has 5 nitrogen and oxygen atoms in total. The van der Waals surface area contributed by atoms with Gasteiger partial charge in [-0.3, -0.25) is 5.32 Å². The van der Waals surface area contributed by atoms with Gasteiger partial charge in [0.2, 0.25) is 0 Å². The number of benzene rings is 2. The molecule has 0 fully saturated rings. The lowest BCUT2D eigenvalue weighted by Crippen LogP contribution is -2.16. The van der Waals surface area contributed by atoms with Crippen LogP contribution in [0, 0.1) is 11.6 Å². The molecule has 0 unspecified atom stereocenters. The molecule has 1 amide bonds. The first-order valence-corrected chi connectivity index (χ1v) is 6.17. The first kappa shape index (κ1) is 15.4. The van der Waals surface area contributed by atoms with Crippen molar-refractivity contribution in [2.75, 3.05) is 5.32 Å². The van der Waals surface area contributed by atoms with Crippen molar-refractivity contribution in [1.82, 2.24) is 0 Å². The lowest BCUT2D eigenvalue weighted by molar-refractivity contribution is 0.0698. The highest BCUT2D eigenvalue weighted by Gasteiger charge is 2.13. The van der Waals surface area contributed by atoms with Gasteiger partial charge >= 0.3 is 12.1 Å². The van der Waals surface area contributed by atoms with E-state index in [1.54, 1.807) is 6.07 Å². The zero-order valence-electron chi connectivity index (χ0n) is 11.2. The number of para-hydroxylation sites is 1. The van der Waals surface area contributed by atoms with Crippen LogP contribution in [0.1, 0.15) is 15.9 Å². The zero-order valence-corrected chi connectivity index (χ0v) is 11.2. The third kappa shape index (κ3) is 3.78. The number of rotatable bonds is 4. The van der Waals surface area contributed by atoms with Crippen molar-refractivity contribution in [2.45, 2.75) is 6.61 Å². The standard InChI is InChI=1S/C15H11F2NO4/c16-10-6-5-9(12(17)7-10)8-22-15(21)18-13-4-2-1-3-11(13)14(19)20/h1-7H,8H2,(H,18,21)(H,19,20). The van der Waals surface area contributed by atoms with Gasteiger partial charge in [0.15, 0.2) is 0 Å². The van der Waals surface area contributed by atoms with Crippen molar-refractivity contribution in [3.05, 3.63) is 65.2 Å². The fraction of sp³-hybridized carbons (Fsp3) is 0.0667. The Morgan fingerprint density at radius 1 is 1.14 bits per heavy atom. The largest absolute Gasteiger partial charge is 0.478 e. The molecular weight excluding hydrogens is 296 g/mol. The molecular formula is C15H11F2NO4. The Balaban J connectivity index is 2.00. The van der Waals surface area contributed by atoms with Gasteiger partial charge in [0.05, 0.1) is 11.3 Å². The van der Waals surface area contributed by atoms with Gasteiger partial charge in [-0.15, -0.1) is 0 Å². The summed E-state index contributed by atoms with van der Waals surface area (Å²) in [5.41, 5.74) is -0.0462. The van der Waals surface area contributed by atoms with E-state index < -0.39 is 30.3 Å². The van der Waals surface area contributed by atoms with Gasteiger partial charge in [0, 0.05) is 11.6 Å². The third-order valence-corrected chi connectivity index (χ3v) is 2.77. The van der Waals surface area contributed by atoms with E-state index in [-0.39, 0.29) is 16.8 Å². The molecule has 0 atom stereocenters. The number of hydrogen-bond donors (Lipinski definition) is 2. The second-order valence-corrected chi connectivity index (χ2v) is 4.29. The molecule has 0 aliphatic carbocycles. The summed E-state index contributed by atoms with van der Waals surface area (Å²) < 4.78 is 30.9. The van der Waals surface area contributed by atoms with Crippen molar-refractivity contribution in [2.24, 2.45) is 0 Å². The van der Waals surface area contributed by atoms with E-state index in [1.807, 2.05) is 0 Å². The minimum absolute atomic E-state index is 0.00284. The van der Waals surface area contributed by atoms with E-state index in [9.17, 15) is 18.4 Å². The van der Waals surface area contributed by atoms with Crippen LogP contribution in [0.4, 0.5) is 19.3 Å². The highest BCUT2D eigenvalue weighted by Crippen LogP contribution is 2.16. The van der Waals surface area contributed by atoms with Crippen molar-refractivity contribution in [3.63, 3.8) is 0 Å². The maximum Gasteiger partial charge on any atom is 0.411 e. The molecule has 0 aliphatic rings. The van der Waals surface area contributed by atoms with E-state index in [1.165, 1.54) is 18.2 Å². The Kier molecular flexibility index (Phi) is 4.67. The lowest BCUT2D eigenvalue weighted by Gasteiger charge is -2.09. The van der Waals surface area contributed by atoms with Crippen LogP contribution >= 0.6 is 0 Å². The van der Waals surface area contributed by atoms with Crippen molar-refractivity contribution < 1.29 is 28.2 Å². The summed E-state index contributed by atoms with van der Waals surface area (Å²) in [6.07, 6.45) is -0.947. The predicted octanol–water partition coefficient (Wildman–Crippen LogP) is 3.41. The fourth-order valence-corrected chi connectivity index (χ4v) is 1.71. The number of carbonyl (C=O) groups excluding carboxylic acids is 1. The number of aromatic carboxylic acids is 1. The van der Waals surface area contributed by atoms with Crippen LogP contribution in [0.15, 0.2) is 42.5 Å². The number of anilines is 1. The number of halogens is 2. The maximum atomic E-state index is 13.4. The van der Waals surface area contributed by atoms with Crippen LogP contribution in [0.2, 0.25) is 0 Å². The van der Waals surface area contributed by atoms with Gasteiger partial charge < -0.3 is 9.84 Å². The van der Waals surface area contributed by atoms with Crippen LogP contribution in [0.3, 0.4) is 0 Å². The molecule has 2 N–H and O–H groups in total. The first-order chi connectivity index (χ1) is 10.5. The van der Waals surface area contributed by atoms with Crippen LogP contribution in [0.25, 0.3) is 0 Å². The minimum Gasteiger partial charge on any atom is -0.478 e. The molecule has 2 rings (SSSR count). The Morgan fingerprint density at radius 3 is 2.55 bits per heavy atom. The van der Waals surface area contributed by atoms with Gasteiger partial charge in [-0.1, -0.05) is 12.1 Å². The van der Waals surface area contributed by atoms with Crippen LogP contribution in [-0.4, -0.2) is 17.2 Å². The number of nitrogens with one attached hydrogen (secondary N) is 1. The van der Waals surface area contributed by atoms with Crippen LogP contribution in [0.5, 0.6) is 0 Å². The minimum atomic E-state index is -1.21. The molecule has 114 valence electrons. The molecule has 22 heavy (non-hydrogen) atoms. The summed E-state index contributed by atoms with van der Waals surface area (Å²) in [7, 11) is 0. The molecule has 0 spiro atoms. The summed E-state index contributed by atoms with van der Waals surface area (Å²) >= 11 is 0. The molecule has 0 heterocycles. The smallest absolute Gasteiger partial charge is 0.411 e. The van der Waals surface area contributed by atoms with Gasteiger partial charge in [-0.2, -0.15) is 0 Å². The number of carboxylic acid groups (broad SMARTS) is 1. The molecule has 0 saturated heterocycles. The Labute approximate surface area is 124 Å². The SMILES string of the molecule is O=C(Nc1ccccc1C(=O)O)OCc1ccc(F)cc1F. The van der Waals surface area contributed by atoms with Gasteiger partial charge in [0.25, 0.3) is 0 Å². The quantitative estimate of drug-likeness (QED) is 0.907. The van der Waals surface area contributed by atoms with E-state index in [0.29, 0.717) is 6.07 Å². The molecule has 0 bridgehead atoms. The number of carbonyl (C=O) groups is 2. The lowest BCUT2D eigenvalue weighted by atomic mass is 10.2. The average molecular weight is 307 g/mol. The highest BCUT2D eigenvalue weighted by molar-refractivity contribution is 5.98. The number of amides is 1. The van der Waals surface area contributed by atoms with E-state index in [0.717, 1.165) is 12.1 Å². The van der Waals surface area contributed by atoms with Crippen molar-refractivity contribution in [3.8, 4) is 0 Å². The number of hydrogen-bond acceptors (Lipinski definition) is 3.